The summed E-state index contributed by atoms with van der Waals surface area (Å²) in [5.74, 6) is -1.16. The highest BCUT2D eigenvalue weighted by molar-refractivity contribution is 8.00. The monoisotopic (exact) mass is 743 g/mol. The third-order valence-electron chi connectivity index (χ3n) is 8.65. The van der Waals surface area contributed by atoms with E-state index in [-0.39, 0.29) is 28.1 Å². The average Bonchev–Trinajstić information content (AvgIpc) is 3.37. The zero-order chi connectivity index (χ0) is 36.1. The highest BCUT2D eigenvalue weighted by Gasteiger charge is 2.42. The lowest BCUT2D eigenvalue weighted by atomic mass is 9.79. The number of nitrogens with zero attached hydrogens (tertiary/aromatic N) is 1. The summed E-state index contributed by atoms with van der Waals surface area (Å²) in [6.45, 7) is 5.20. The summed E-state index contributed by atoms with van der Waals surface area (Å²) in [6.07, 6.45) is 8.39. The highest BCUT2D eigenvalue weighted by Crippen LogP contribution is 2.47. The molecule has 10 nitrogen and oxygen atoms in total. The molecule has 0 aromatic heterocycles. The molecule has 2 aliphatic rings. The normalized spacial score (nSPS) is 17.4. The van der Waals surface area contributed by atoms with Crippen molar-refractivity contribution in [2.24, 2.45) is 11.1 Å². The van der Waals surface area contributed by atoms with E-state index >= 15 is 0 Å². The Morgan fingerprint density at radius 1 is 1.04 bits per heavy atom. The van der Waals surface area contributed by atoms with Crippen LogP contribution in [0.1, 0.15) is 58.8 Å². The Kier molecular flexibility index (Phi) is 14.8. The van der Waals surface area contributed by atoms with Gasteiger partial charge in [0.2, 0.25) is 5.91 Å². The number of unbranched alkanes of at least 4 members (excludes halogenated alkanes) is 2. The Morgan fingerprint density at radius 3 is 2.36 bits per heavy atom. The number of primary amides is 1. The van der Waals surface area contributed by atoms with Crippen LogP contribution in [0.4, 0.5) is 17.1 Å². The number of para-hydroxylation sites is 2. The maximum Gasteiger partial charge on any atom is 0.341 e. The number of nitrogens with two attached hydrogens (primary N) is 1. The van der Waals surface area contributed by atoms with Gasteiger partial charge in [0.05, 0.1) is 21.2 Å². The number of carboxylic acid groups (broad SMARTS) is 1. The number of nitrogens with one attached hydrogen (secondary N) is 1. The molecule has 0 fully saturated rings. The number of rotatable bonds is 14. The van der Waals surface area contributed by atoms with Gasteiger partial charge in [-0.2, -0.15) is 0 Å². The first-order valence-corrected chi connectivity index (χ1v) is 20.8. The van der Waals surface area contributed by atoms with Crippen LogP contribution in [0, 0.1) is 5.41 Å². The molecule has 13 heteroatoms. The minimum atomic E-state index is -3.65. The van der Waals surface area contributed by atoms with Crippen molar-refractivity contribution >= 4 is 62.3 Å². The van der Waals surface area contributed by atoms with Crippen LogP contribution in [0.25, 0.3) is 0 Å². The summed E-state index contributed by atoms with van der Waals surface area (Å²) < 4.78 is 38.7. The van der Waals surface area contributed by atoms with Gasteiger partial charge in [-0.25, -0.2) is 13.2 Å². The number of amides is 1. The molecule has 0 radical (unpaired) electrons. The predicted molar refractivity (Wildman–Crippen MR) is 203 cm³/mol. The summed E-state index contributed by atoms with van der Waals surface area (Å²) in [7, 11) is -3.65. The summed E-state index contributed by atoms with van der Waals surface area (Å²) in [5, 5.41) is 12.4. The van der Waals surface area contributed by atoms with Crippen molar-refractivity contribution in [3.63, 3.8) is 0 Å². The molecular weight excluding hydrogens is 695 g/mol. The molecule has 0 spiro atoms. The van der Waals surface area contributed by atoms with Gasteiger partial charge in [0, 0.05) is 47.3 Å². The summed E-state index contributed by atoms with van der Waals surface area (Å²) in [5.41, 5.74) is 7.37. The zero-order valence-corrected chi connectivity index (χ0v) is 31.5. The predicted octanol–water partition coefficient (Wildman–Crippen LogP) is 7.59. The van der Waals surface area contributed by atoms with Crippen molar-refractivity contribution < 1.29 is 32.6 Å². The molecule has 3 aromatic rings. The van der Waals surface area contributed by atoms with Crippen molar-refractivity contribution in [3.05, 3.63) is 66.7 Å². The van der Waals surface area contributed by atoms with Crippen molar-refractivity contribution in [1.82, 2.24) is 0 Å². The molecule has 0 aliphatic carbocycles. The lowest BCUT2D eigenvalue weighted by Crippen LogP contribution is -2.38. The van der Waals surface area contributed by atoms with E-state index in [1.807, 2.05) is 66.9 Å². The number of anilines is 3. The van der Waals surface area contributed by atoms with Crippen molar-refractivity contribution in [1.29, 1.82) is 0 Å². The van der Waals surface area contributed by atoms with Crippen LogP contribution in [-0.4, -0.2) is 69.1 Å². The van der Waals surface area contributed by atoms with Gasteiger partial charge >= 0.3 is 5.97 Å². The largest absolute Gasteiger partial charge is 0.481 e. The molecular formula is C37H49N3O7S3. The van der Waals surface area contributed by atoms with Gasteiger partial charge in [0.25, 0.3) is 0 Å². The molecule has 0 saturated carbocycles. The number of carbonyl (C=O) groups excluding carboxylic acids is 1. The Labute approximate surface area is 304 Å². The van der Waals surface area contributed by atoms with Gasteiger partial charge in [0.1, 0.15) is 17.8 Å². The number of sulfone groups is 1. The van der Waals surface area contributed by atoms with Crippen LogP contribution in [-0.2, 0) is 24.2 Å². The van der Waals surface area contributed by atoms with Gasteiger partial charge in [-0.15, -0.1) is 11.8 Å². The second kappa shape index (κ2) is 18.7. The van der Waals surface area contributed by atoms with Gasteiger partial charge in [-0.05, 0) is 49.4 Å². The topological polar surface area (TPSA) is 148 Å². The van der Waals surface area contributed by atoms with Gasteiger partial charge in [-0.3, -0.25) is 4.79 Å². The first-order valence-electron chi connectivity index (χ1n) is 17.0. The number of thioether (sulfide) groups is 2. The molecule has 1 atom stereocenters. The van der Waals surface area contributed by atoms with E-state index in [1.165, 1.54) is 17.8 Å². The fraction of sp³-hybridized carbons (Fsp3) is 0.459. The van der Waals surface area contributed by atoms with Crippen molar-refractivity contribution in [2.45, 2.75) is 78.9 Å². The fourth-order valence-electron chi connectivity index (χ4n) is 6.25. The highest BCUT2D eigenvalue weighted by atomic mass is 32.2. The van der Waals surface area contributed by atoms with Gasteiger partial charge in [-0.1, -0.05) is 81.6 Å². The molecule has 0 saturated heterocycles. The molecule has 50 heavy (non-hydrogen) atoms. The van der Waals surface area contributed by atoms with E-state index in [0.29, 0.717) is 22.9 Å². The minimum Gasteiger partial charge on any atom is -0.481 e. The summed E-state index contributed by atoms with van der Waals surface area (Å²) in [4.78, 5) is 26.0. The molecule has 1 amide bonds. The summed E-state index contributed by atoms with van der Waals surface area (Å²) >= 11 is 3.04. The Bertz CT molecular complexity index is 1680. The SMILES string of the molecule is CCCCC1(CCCC)CN(c2ccccc2)c2cc(SC)c(OCC(=O)O)cc2S(=O)(=O)C1.NC(=O)COC1CCNc2ccccc2S1. The number of fused-ring (bicyclic) bond motifs is 2. The third kappa shape index (κ3) is 10.8. The second-order valence-electron chi connectivity index (χ2n) is 12.6. The van der Waals surface area contributed by atoms with Crippen LogP contribution in [0.15, 0.2) is 81.4 Å². The minimum absolute atomic E-state index is 0.0105. The van der Waals surface area contributed by atoms with Crippen molar-refractivity contribution in [2.75, 3.05) is 48.5 Å². The number of hydrogen-bond acceptors (Lipinski definition) is 10. The number of benzene rings is 3. The number of carbonyl (C=O) groups is 2. The van der Waals surface area contributed by atoms with E-state index in [9.17, 15) is 18.0 Å². The van der Waals surface area contributed by atoms with Crippen molar-refractivity contribution in [3.8, 4) is 5.75 Å². The third-order valence-corrected chi connectivity index (χ3v) is 12.6. The smallest absolute Gasteiger partial charge is 0.341 e. The van der Waals surface area contributed by atoms with E-state index in [4.69, 9.17) is 20.3 Å². The number of aliphatic carboxylic acids is 1. The average molecular weight is 744 g/mol. The summed E-state index contributed by atoms with van der Waals surface area (Å²) in [6, 6.07) is 21.4. The fourth-order valence-corrected chi connectivity index (χ4v) is 10.00. The lowest BCUT2D eigenvalue weighted by Gasteiger charge is -2.37. The van der Waals surface area contributed by atoms with Crippen LogP contribution in [0.3, 0.4) is 0 Å². The van der Waals surface area contributed by atoms with Crippen LogP contribution in [0.5, 0.6) is 5.75 Å². The molecule has 2 aliphatic heterocycles. The number of hydrogen-bond donors (Lipinski definition) is 3. The Hall–Kier alpha value is -3.39. The number of ether oxygens (including phenoxy) is 2. The quantitative estimate of drug-likeness (QED) is 0.140. The Morgan fingerprint density at radius 2 is 1.72 bits per heavy atom. The molecule has 5 rings (SSSR count). The maximum absolute atomic E-state index is 13.9. The van der Waals surface area contributed by atoms with Crippen LogP contribution in [0.2, 0.25) is 0 Å². The molecule has 4 N–H and O–H groups in total. The number of carboxylic acids is 1. The van der Waals surface area contributed by atoms with E-state index < -0.39 is 28.3 Å². The molecule has 272 valence electrons. The van der Waals surface area contributed by atoms with Crippen LogP contribution < -0.4 is 20.7 Å². The molecule has 2 heterocycles. The first-order chi connectivity index (χ1) is 24.0. The zero-order valence-electron chi connectivity index (χ0n) is 29.1. The van der Waals surface area contributed by atoms with Gasteiger partial charge < -0.3 is 30.5 Å². The van der Waals surface area contributed by atoms with Gasteiger partial charge in [0.15, 0.2) is 16.4 Å². The second-order valence-corrected chi connectivity index (χ2v) is 16.6. The first kappa shape index (κ1) is 39.4. The van der Waals surface area contributed by atoms with E-state index in [2.05, 4.69) is 24.1 Å². The molecule has 1 unspecified atom stereocenters. The maximum atomic E-state index is 13.9. The van der Waals surface area contributed by atoms with E-state index in [0.717, 1.165) is 67.8 Å². The standard InChI is InChI=1S/C26H35NO5S2.C11H14N2O2S/c1-4-6-13-26(14-7-5-2)18-27(20-11-9-8-10-12-20)21-15-23(33-3)22(32-17-25(28)29)16-24(21)34(30,31)19-26;12-10(14)7-15-11-5-6-13-8-3-1-2-4-9(8)16-11/h8-12,15-16H,4-7,13-14,17-19H2,1-3H3,(H,28,29);1-4,11,13H,5-7H2,(H2,12,14). The molecule has 0 bridgehead atoms. The van der Waals surface area contributed by atoms with E-state index in [1.54, 1.807) is 11.8 Å². The molecule has 3 aromatic carbocycles. The van der Waals surface area contributed by atoms with Crippen LogP contribution >= 0.6 is 23.5 Å². The lowest BCUT2D eigenvalue weighted by molar-refractivity contribution is -0.139. The Balaban J connectivity index is 0.000000291.